The van der Waals surface area contributed by atoms with Gasteiger partial charge in [-0.25, -0.2) is 4.99 Å². The fourth-order valence-electron chi connectivity index (χ4n) is 4.14. The van der Waals surface area contributed by atoms with Crippen molar-refractivity contribution in [3.8, 4) is 5.75 Å². The van der Waals surface area contributed by atoms with Gasteiger partial charge in [0.15, 0.2) is 0 Å². The van der Waals surface area contributed by atoms with Crippen LogP contribution in [0.1, 0.15) is 53.6 Å². The average Bonchev–Trinajstić information content (AvgIpc) is 3.13. The van der Waals surface area contributed by atoms with Crippen molar-refractivity contribution in [3.05, 3.63) is 73.0 Å². The molecule has 2 N–H and O–H groups in total. The second-order valence-corrected chi connectivity index (χ2v) is 12.2. The molecule has 1 aromatic heterocycles. The van der Waals surface area contributed by atoms with E-state index in [0.717, 1.165) is 41.1 Å². The van der Waals surface area contributed by atoms with Gasteiger partial charge in [-0.05, 0) is 97.8 Å². The van der Waals surface area contributed by atoms with Gasteiger partial charge in [-0.1, -0.05) is 39.0 Å². The number of para-hydroxylation sites is 1. The SMILES string of the molecule is CC(C)(C)[C@H]1CCc2c(sc(N=Cc3cc(Br)c(O)c(Br)c3)c2C(=O)Nc2ccccc2)C1. The van der Waals surface area contributed by atoms with Crippen LogP contribution in [-0.2, 0) is 12.8 Å². The van der Waals surface area contributed by atoms with Crippen LogP contribution in [0, 0.1) is 11.3 Å². The Morgan fingerprint density at radius 1 is 1.18 bits per heavy atom. The number of aromatic hydroxyl groups is 1. The van der Waals surface area contributed by atoms with Gasteiger partial charge in [-0.15, -0.1) is 11.3 Å². The predicted octanol–water partition coefficient (Wildman–Crippen LogP) is 8.13. The number of phenols is 1. The average molecular weight is 590 g/mol. The molecule has 4 rings (SSSR count). The number of hydrogen-bond donors (Lipinski definition) is 2. The molecule has 2 aromatic carbocycles. The van der Waals surface area contributed by atoms with E-state index in [9.17, 15) is 9.90 Å². The number of nitrogens with one attached hydrogen (secondary N) is 1. The normalized spacial score (nSPS) is 16.1. The van der Waals surface area contributed by atoms with Gasteiger partial charge >= 0.3 is 0 Å². The lowest BCUT2D eigenvalue weighted by Crippen LogP contribution is -2.27. The van der Waals surface area contributed by atoms with E-state index in [2.05, 4.69) is 57.9 Å². The van der Waals surface area contributed by atoms with Crippen molar-refractivity contribution in [2.45, 2.75) is 40.0 Å². The first-order valence-corrected chi connectivity index (χ1v) is 13.3. The molecule has 1 amide bonds. The van der Waals surface area contributed by atoms with Crippen molar-refractivity contribution in [1.29, 1.82) is 0 Å². The molecule has 0 spiro atoms. The topological polar surface area (TPSA) is 61.7 Å². The molecule has 1 aliphatic rings. The van der Waals surface area contributed by atoms with Crippen molar-refractivity contribution in [2.75, 3.05) is 5.32 Å². The number of anilines is 1. The number of thiophene rings is 1. The van der Waals surface area contributed by atoms with Gasteiger partial charge in [0.1, 0.15) is 10.8 Å². The molecule has 0 fully saturated rings. The van der Waals surface area contributed by atoms with E-state index in [4.69, 9.17) is 4.99 Å². The van der Waals surface area contributed by atoms with Crippen molar-refractivity contribution >= 4 is 66.0 Å². The van der Waals surface area contributed by atoms with Crippen molar-refractivity contribution in [1.82, 2.24) is 0 Å². The number of rotatable bonds is 4. The van der Waals surface area contributed by atoms with E-state index in [-0.39, 0.29) is 17.1 Å². The summed E-state index contributed by atoms with van der Waals surface area (Å²) in [6.45, 7) is 6.87. The minimum absolute atomic E-state index is 0.117. The van der Waals surface area contributed by atoms with Crippen LogP contribution in [0.2, 0.25) is 0 Å². The van der Waals surface area contributed by atoms with Crippen LogP contribution >= 0.6 is 43.2 Å². The van der Waals surface area contributed by atoms with Crippen LogP contribution < -0.4 is 5.32 Å². The summed E-state index contributed by atoms with van der Waals surface area (Å²) in [5.74, 6) is 0.609. The fraction of sp³-hybridized carbons (Fsp3) is 0.308. The lowest BCUT2D eigenvalue weighted by atomic mass is 9.72. The van der Waals surface area contributed by atoms with E-state index in [0.29, 0.717) is 20.4 Å². The Morgan fingerprint density at radius 2 is 1.85 bits per heavy atom. The van der Waals surface area contributed by atoms with E-state index >= 15 is 0 Å². The second kappa shape index (κ2) is 9.72. The molecule has 4 nitrogen and oxygen atoms in total. The summed E-state index contributed by atoms with van der Waals surface area (Å²) >= 11 is 8.35. The number of aliphatic imine (C=N–C) groups is 1. The summed E-state index contributed by atoms with van der Waals surface area (Å²) in [4.78, 5) is 19.4. The van der Waals surface area contributed by atoms with Crippen LogP contribution in [0.3, 0.4) is 0 Å². The number of nitrogens with zero attached hydrogens (tertiary/aromatic N) is 1. The molecule has 0 radical (unpaired) electrons. The molecule has 33 heavy (non-hydrogen) atoms. The Labute approximate surface area is 215 Å². The van der Waals surface area contributed by atoms with Crippen LogP contribution in [-0.4, -0.2) is 17.2 Å². The maximum absolute atomic E-state index is 13.4. The molecule has 1 heterocycles. The molecule has 0 saturated carbocycles. The zero-order valence-corrected chi connectivity index (χ0v) is 22.8. The molecule has 0 aliphatic heterocycles. The Balaban J connectivity index is 1.72. The summed E-state index contributed by atoms with van der Waals surface area (Å²) in [6, 6.07) is 13.1. The second-order valence-electron chi connectivity index (χ2n) is 9.40. The third kappa shape index (κ3) is 5.42. The molecule has 1 aliphatic carbocycles. The molecule has 172 valence electrons. The Kier molecular flexibility index (Phi) is 7.12. The van der Waals surface area contributed by atoms with Gasteiger partial charge in [0.25, 0.3) is 5.91 Å². The standard InChI is InChI=1S/C26H26Br2N2O2S/c1-26(2,3)16-9-10-18-21(13-16)33-25(22(18)24(32)30-17-7-5-4-6-8-17)29-14-15-11-19(27)23(31)20(28)12-15/h4-8,11-12,14,16,31H,9-10,13H2,1-3H3,(H,30,32)/t16-/m0/s1. The Hall–Kier alpha value is -1.96. The minimum atomic E-state index is -0.117. The molecule has 0 bridgehead atoms. The van der Waals surface area contributed by atoms with Crippen LogP contribution in [0.15, 0.2) is 56.4 Å². The van der Waals surface area contributed by atoms with Gasteiger partial charge in [-0.2, -0.15) is 0 Å². The van der Waals surface area contributed by atoms with Crippen molar-refractivity contribution in [2.24, 2.45) is 16.3 Å². The maximum atomic E-state index is 13.4. The van der Waals surface area contributed by atoms with Crippen LogP contribution in [0.4, 0.5) is 10.7 Å². The third-order valence-corrected chi connectivity index (χ3v) is 8.47. The van der Waals surface area contributed by atoms with Gasteiger partial charge in [0.05, 0.1) is 14.5 Å². The maximum Gasteiger partial charge on any atom is 0.259 e. The zero-order chi connectivity index (χ0) is 23.8. The number of fused-ring (bicyclic) bond motifs is 1. The highest BCUT2D eigenvalue weighted by molar-refractivity contribution is 9.11. The molecule has 0 saturated heterocycles. The predicted molar refractivity (Wildman–Crippen MR) is 144 cm³/mol. The molecular formula is C26H26Br2N2O2S. The summed E-state index contributed by atoms with van der Waals surface area (Å²) in [5.41, 5.74) is 3.63. The highest BCUT2D eigenvalue weighted by atomic mass is 79.9. The zero-order valence-electron chi connectivity index (χ0n) is 18.8. The number of hydrogen-bond acceptors (Lipinski definition) is 4. The Bertz CT molecular complexity index is 1190. The lowest BCUT2D eigenvalue weighted by molar-refractivity contribution is 0.102. The van der Waals surface area contributed by atoms with E-state index in [1.807, 2.05) is 30.3 Å². The van der Waals surface area contributed by atoms with Gasteiger partial charge in [-0.3, -0.25) is 4.79 Å². The number of phenolic OH excluding ortho intramolecular Hbond substituents is 1. The van der Waals surface area contributed by atoms with Crippen LogP contribution in [0.5, 0.6) is 5.75 Å². The highest BCUT2D eigenvalue weighted by Gasteiger charge is 2.33. The molecule has 1 atom stereocenters. The van der Waals surface area contributed by atoms with Crippen molar-refractivity contribution in [3.63, 3.8) is 0 Å². The van der Waals surface area contributed by atoms with E-state index in [1.165, 1.54) is 4.88 Å². The van der Waals surface area contributed by atoms with Crippen molar-refractivity contribution < 1.29 is 9.90 Å². The molecule has 7 heteroatoms. The lowest BCUT2D eigenvalue weighted by Gasteiger charge is -2.33. The number of carbonyl (C=O) groups excluding carboxylic acids is 1. The molecule has 0 unspecified atom stereocenters. The smallest absolute Gasteiger partial charge is 0.259 e. The minimum Gasteiger partial charge on any atom is -0.506 e. The summed E-state index contributed by atoms with van der Waals surface area (Å²) < 4.78 is 1.16. The largest absolute Gasteiger partial charge is 0.506 e. The Morgan fingerprint density at radius 3 is 2.48 bits per heavy atom. The number of amides is 1. The monoisotopic (exact) mass is 588 g/mol. The molecular weight excluding hydrogens is 564 g/mol. The summed E-state index contributed by atoms with van der Waals surface area (Å²) in [5, 5.41) is 13.8. The first kappa shape index (κ1) is 24.2. The number of carbonyl (C=O) groups is 1. The number of benzene rings is 2. The van der Waals surface area contributed by atoms with E-state index in [1.54, 1.807) is 29.7 Å². The first-order valence-electron chi connectivity index (χ1n) is 10.9. The fourth-order valence-corrected chi connectivity index (χ4v) is 6.63. The molecule has 3 aromatic rings. The summed E-state index contributed by atoms with van der Waals surface area (Å²) in [6.07, 6.45) is 4.67. The summed E-state index contributed by atoms with van der Waals surface area (Å²) in [7, 11) is 0. The van der Waals surface area contributed by atoms with Crippen LogP contribution in [0.25, 0.3) is 0 Å². The van der Waals surface area contributed by atoms with Gasteiger partial charge in [0.2, 0.25) is 0 Å². The van der Waals surface area contributed by atoms with Gasteiger partial charge in [0, 0.05) is 16.8 Å². The quantitative estimate of drug-likeness (QED) is 0.302. The number of halogens is 2. The highest BCUT2D eigenvalue weighted by Crippen LogP contribution is 2.45. The third-order valence-electron chi connectivity index (χ3n) is 6.10. The first-order chi connectivity index (χ1) is 15.6. The van der Waals surface area contributed by atoms with E-state index < -0.39 is 0 Å². The van der Waals surface area contributed by atoms with Gasteiger partial charge < -0.3 is 10.4 Å².